The molecule has 0 aromatic carbocycles. The zero-order valence-corrected chi connectivity index (χ0v) is 14.6. The molecule has 0 spiro atoms. The van der Waals surface area contributed by atoms with Crippen LogP contribution in [0.4, 0.5) is 0 Å². The molecule has 0 bridgehead atoms. The lowest BCUT2D eigenvalue weighted by Crippen LogP contribution is -2.52. The summed E-state index contributed by atoms with van der Waals surface area (Å²) in [5, 5.41) is 3.89. The summed E-state index contributed by atoms with van der Waals surface area (Å²) in [6, 6.07) is 0. The first-order valence-electron chi connectivity index (χ1n) is 7.25. The fourth-order valence-corrected chi connectivity index (χ4v) is 3.31. The van der Waals surface area contributed by atoms with Crippen LogP contribution in [0.3, 0.4) is 0 Å². The average Bonchev–Trinajstić information content (AvgIpc) is 2.79. The number of amides is 1. The molecule has 1 heterocycles. The van der Waals surface area contributed by atoms with Crippen molar-refractivity contribution in [3.8, 4) is 0 Å². The molecular weight excluding hydrogens is 286 g/mol. The normalized spacial score (nSPS) is 15.8. The molecule has 0 unspecified atom stereocenters. The van der Waals surface area contributed by atoms with E-state index in [0.717, 1.165) is 17.1 Å². The van der Waals surface area contributed by atoms with E-state index in [2.05, 4.69) is 24.1 Å². The van der Waals surface area contributed by atoms with Gasteiger partial charge in [-0.1, -0.05) is 13.8 Å². The zero-order valence-electron chi connectivity index (χ0n) is 13.8. The highest BCUT2D eigenvalue weighted by molar-refractivity contribution is 7.13. The van der Waals surface area contributed by atoms with Gasteiger partial charge in [0.1, 0.15) is 16.0 Å². The van der Waals surface area contributed by atoms with E-state index in [-0.39, 0.29) is 12.0 Å². The standard InChI is InChI=1S/C15H27N3O2S/c1-9(2)7-15(5,8-16)18-13(19)12-10(3)17-14(21-12)11(4)20-6/h9,11H,7-8,16H2,1-6H3,(H,18,19)/t11-,15+/m0/s1. The number of nitrogens with zero attached hydrogens (tertiary/aromatic N) is 1. The summed E-state index contributed by atoms with van der Waals surface area (Å²) in [6.45, 7) is 10.4. The first kappa shape index (κ1) is 18.1. The molecule has 0 saturated carbocycles. The number of hydrogen-bond donors (Lipinski definition) is 2. The van der Waals surface area contributed by atoms with Crippen molar-refractivity contribution < 1.29 is 9.53 Å². The SMILES string of the molecule is CO[C@@H](C)c1nc(C)c(C(=O)N[C@@](C)(CN)CC(C)C)s1. The Kier molecular flexibility index (Phi) is 6.31. The van der Waals surface area contributed by atoms with Crippen LogP contribution < -0.4 is 11.1 Å². The minimum Gasteiger partial charge on any atom is -0.375 e. The molecule has 0 aliphatic carbocycles. The van der Waals surface area contributed by atoms with Gasteiger partial charge in [-0.05, 0) is 33.1 Å². The Labute approximate surface area is 131 Å². The van der Waals surface area contributed by atoms with E-state index >= 15 is 0 Å². The number of hydrogen-bond acceptors (Lipinski definition) is 5. The van der Waals surface area contributed by atoms with Crippen molar-refractivity contribution in [3.63, 3.8) is 0 Å². The van der Waals surface area contributed by atoms with Gasteiger partial charge in [-0.15, -0.1) is 11.3 Å². The first-order valence-corrected chi connectivity index (χ1v) is 8.06. The molecule has 1 aromatic rings. The molecule has 5 nitrogen and oxygen atoms in total. The Bertz CT molecular complexity index is 487. The molecule has 1 aromatic heterocycles. The van der Waals surface area contributed by atoms with Gasteiger partial charge in [0, 0.05) is 13.7 Å². The van der Waals surface area contributed by atoms with Crippen molar-refractivity contribution in [1.82, 2.24) is 10.3 Å². The van der Waals surface area contributed by atoms with Crippen molar-refractivity contribution in [3.05, 3.63) is 15.6 Å². The third-order valence-electron chi connectivity index (χ3n) is 3.45. The molecule has 2 atom stereocenters. The number of thiazole rings is 1. The van der Waals surface area contributed by atoms with E-state index in [4.69, 9.17) is 10.5 Å². The molecule has 1 rings (SSSR count). The van der Waals surface area contributed by atoms with E-state index in [1.54, 1.807) is 7.11 Å². The lowest BCUT2D eigenvalue weighted by Gasteiger charge is -2.31. The smallest absolute Gasteiger partial charge is 0.263 e. The van der Waals surface area contributed by atoms with Crippen LogP contribution in [0.25, 0.3) is 0 Å². The van der Waals surface area contributed by atoms with Gasteiger partial charge < -0.3 is 15.8 Å². The predicted octanol–water partition coefficient (Wildman–Crippen LogP) is 2.65. The van der Waals surface area contributed by atoms with Crippen LogP contribution in [0.2, 0.25) is 0 Å². The van der Waals surface area contributed by atoms with Crippen LogP contribution in [0.1, 0.15) is 60.6 Å². The highest BCUT2D eigenvalue weighted by atomic mass is 32.1. The Morgan fingerprint density at radius 3 is 2.57 bits per heavy atom. The van der Waals surface area contributed by atoms with Crippen molar-refractivity contribution in [2.24, 2.45) is 11.7 Å². The van der Waals surface area contributed by atoms with Crippen molar-refractivity contribution in [2.75, 3.05) is 13.7 Å². The topological polar surface area (TPSA) is 77.2 Å². The molecule has 0 saturated heterocycles. The molecule has 0 radical (unpaired) electrons. The van der Waals surface area contributed by atoms with Crippen LogP contribution in [0, 0.1) is 12.8 Å². The molecule has 6 heteroatoms. The second kappa shape index (κ2) is 7.33. The van der Waals surface area contributed by atoms with E-state index in [0.29, 0.717) is 17.3 Å². The Morgan fingerprint density at radius 1 is 1.48 bits per heavy atom. The van der Waals surface area contributed by atoms with Crippen molar-refractivity contribution in [2.45, 2.75) is 52.7 Å². The van der Waals surface area contributed by atoms with Crippen molar-refractivity contribution in [1.29, 1.82) is 0 Å². The van der Waals surface area contributed by atoms with E-state index in [1.165, 1.54) is 11.3 Å². The summed E-state index contributed by atoms with van der Waals surface area (Å²) < 4.78 is 5.26. The summed E-state index contributed by atoms with van der Waals surface area (Å²) in [6.07, 6.45) is 0.737. The van der Waals surface area contributed by atoms with Gasteiger partial charge in [-0.2, -0.15) is 0 Å². The van der Waals surface area contributed by atoms with Crippen molar-refractivity contribution >= 4 is 17.2 Å². The Hall–Kier alpha value is -0.980. The summed E-state index contributed by atoms with van der Waals surface area (Å²) in [5.74, 6) is 0.360. The molecular formula is C15H27N3O2S. The maximum Gasteiger partial charge on any atom is 0.263 e. The monoisotopic (exact) mass is 313 g/mol. The van der Waals surface area contributed by atoms with Crippen LogP contribution in [-0.2, 0) is 4.74 Å². The zero-order chi connectivity index (χ0) is 16.2. The third kappa shape index (κ3) is 4.76. The maximum atomic E-state index is 12.5. The van der Waals surface area contributed by atoms with E-state index in [9.17, 15) is 4.79 Å². The second-order valence-corrected chi connectivity index (χ2v) is 7.19. The number of rotatable bonds is 7. The number of methoxy groups -OCH3 is 1. The predicted molar refractivity (Wildman–Crippen MR) is 86.7 cm³/mol. The quantitative estimate of drug-likeness (QED) is 0.811. The number of carbonyl (C=O) groups is 1. The van der Waals surface area contributed by atoms with Crippen LogP contribution in [0.15, 0.2) is 0 Å². The lowest BCUT2D eigenvalue weighted by atomic mass is 9.90. The van der Waals surface area contributed by atoms with Gasteiger partial charge >= 0.3 is 0 Å². The second-order valence-electron chi connectivity index (χ2n) is 6.16. The number of nitrogens with two attached hydrogens (primary N) is 1. The Balaban J connectivity index is 2.91. The molecule has 0 fully saturated rings. The number of nitrogens with one attached hydrogen (secondary N) is 1. The molecule has 120 valence electrons. The third-order valence-corrected chi connectivity index (χ3v) is 4.76. The maximum absolute atomic E-state index is 12.5. The summed E-state index contributed by atoms with van der Waals surface area (Å²) >= 11 is 1.38. The average molecular weight is 313 g/mol. The summed E-state index contributed by atoms with van der Waals surface area (Å²) in [4.78, 5) is 17.6. The summed E-state index contributed by atoms with van der Waals surface area (Å²) in [5.41, 5.74) is 6.19. The van der Waals surface area contributed by atoms with Gasteiger partial charge in [0.25, 0.3) is 5.91 Å². The molecule has 1 amide bonds. The fourth-order valence-electron chi connectivity index (χ4n) is 2.32. The minimum absolute atomic E-state index is 0.104. The van der Waals surface area contributed by atoms with Gasteiger partial charge in [0.05, 0.1) is 11.2 Å². The largest absolute Gasteiger partial charge is 0.375 e. The minimum atomic E-state index is -0.394. The van der Waals surface area contributed by atoms with E-state index < -0.39 is 5.54 Å². The first-order chi connectivity index (χ1) is 9.72. The van der Waals surface area contributed by atoms with Gasteiger partial charge in [-0.3, -0.25) is 4.79 Å². The van der Waals surface area contributed by atoms with E-state index in [1.807, 2.05) is 20.8 Å². The number of ether oxygens (including phenoxy) is 1. The number of carbonyl (C=O) groups excluding carboxylic acids is 1. The molecule has 0 aliphatic heterocycles. The summed E-state index contributed by atoms with van der Waals surface area (Å²) in [7, 11) is 1.63. The number of aromatic nitrogens is 1. The van der Waals surface area contributed by atoms with Crippen LogP contribution in [0.5, 0.6) is 0 Å². The van der Waals surface area contributed by atoms with Gasteiger partial charge in [-0.25, -0.2) is 4.98 Å². The lowest BCUT2D eigenvalue weighted by molar-refractivity contribution is 0.0901. The van der Waals surface area contributed by atoms with Crippen LogP contribution in [-0.4, -0.2) is 30.1 Å². The van der Waals surface area contributed by atoms with Gasteiger partial charge in [0.15, 0.2) is 0 Å². The molecule has 3 N–H and O–H groups in total. The molecule has 21 heavy (non-hydrogen) atoms. The van der Waals surface area contributed by atoms with Crippen LogP contribution >= 0.6 is 11.3 Å². The van der Waals surface area contributed by atoms with Gasteiger partial charge in [0.2, 0.25) is 0 Å². The molecule has 0 aliphatic rings. The Morgan fingerprint density at radius 2 is 2.10 bits per heavy atom. The number of aryl methyl sites for hydroxylation is 1. The fraction of sp³-hybridized carbons (Fsp3) is 0.733. The highest BCUT2D eigenvalue weighted by Gasteiger charge is 2.28. The highest BCUT2D eigenvalue weighted by Crippen LogP contribution is 2.26.